The molecule has 7 nitrogen and oxygen atoms in total. The van der Waals surface area contributed by atoms with Crippen molar-refractivity contribution < 1.29 is 14.3 Å². The minimum Gasteiger partial charge on any atom is -0.480 e. The summed E-state index contributed by atoms with van der Waals surface area (Å²) >= 11 is 0. The second-order valence-corrected chi connectivity index (χ2v) is 8.27. The van der Waals surface area contributed by atoms with Crippen molar-refractivity contribution in [1.82, 2.24) is 14.1 Å². The molecular formula is C22H25N3O4. The molecule has 3 aromatic rings. The Morgan fingerprint density at radius 1 is 1.24 bits per heavy atom. The maximum Gasteiger partial charge on any atom is 0.419 e. The molecule has 3 heterocycles. The van der Waals surface area contributed by atoms with Crippen molar-refractivity contribution in [3.8, 4) is 5.88 Å². The summed E-state index contributed by atoms with van der Waals surface area (Å²) in [5, 5.41) is 0.893. The summed E-state index contributed by atoms with van der Waals surface area (Å²) in [5.74, 6) is 0.507. The van der Waals surface area contributed by atoms with Crippen molar-refractivity contribution in [3.05, 3.63) is 57.8 Å². The molecule has 0 unspecified atom stereocenters. The summed E-state index contributed by atoms with van der Waals surface area (Å²) in [6.07, 6.45) is 3.31. The first-order valence-electron chi connectivity index (χ1n) is 9.77. The Labute approximate surface area is 168 Å². The fraction of sp³-hybridized carbons (Fsp3) is 0.409. The van der Waals surface area contributed by atoms with Crippen LogP contribution in [0.25, 0.3) is 10.9 Å². The van der Waals surface area contributed by atoms with E-state index in [2.05, 4.69) is 4.98 Å². The van der Waals surface area contributed by atoms with Gasteiger partial charge in [0.05, 0.1) is 18.3 Å². The summed E-state index contributed by atoms with van der Waals surface area (Å²) in [5.41, 5.74) is 2.17. The van der Waals surface area contributed by atoms with Crippen LogP contribution in [0.15, 0.2) is 35.3 Å². The van der Waals surface area contributed by atoms with Crippen molar-refractivity contribution in [1.29, 1.82) is 0 Å². The molecule has 0 radical (unpaired) electrons. The zero-order chi connectivity index (χ0) is 20.8. The first-order chi connectivity index (χ1) is 13.8. The molecule has 2 aromatic heterocycles. The fourth-order valence-electron chi connectivity index (χ4n) is 3.82. The normalized spacial score (nSPS) is 13.5. The zero-order valence-electron chi connectivity index (χ0n) is 17.2. The van der Waals surface area contributed by atoms with E-state index in [9.17, 15) is 9.59 Å². The molecule has 7 heteroatoms. The molecule has 0 N–H and O–H groups in total. The number of carbonyl (C=O) groups is 1. The minimum absolute atomic E-state index is 0.0904. The Morgan fingerprint density at radius 3 is 2.72 bits per heavy atom. The standard InChI is InChI=1S/C22H25N3O4/c1-22(2,3)29-21(27)25-13-14(15-8-5-6-9-17(15)25)12-16-20(26)24-11-7-10-18(24)19(23-16)28-4/h5-6,8-9,13H,7,10-12H2,1-4H3. The van der Waals surface area contributed by atoms with E-state index < -0.39 is 11.7 Å². The molecule has 0 bridgehead atoms. The Balaban J connectivity index is 1.79. The van der Waals surface area contributed by atoms with Gasteiger partial charge in [0.15, 0.2) is 0 Å². The highest BCUT2D eigenvalue weighted by Crippen LogP contribution is 2.26. The van der Waals surface area contributed by atoms with Gasteiger partial charge in [-0.2, -0.15) is 0 Å². The third-order valence-corrected chi connectivity index (χ3v) is 5.03. The number of methoxy groups -OCH3 is 1. The highest BCUT2D eigenvalue weighted by Gasteiger charge is 2.24. The van der Waals surface area contributed by atoms with Crippen LogP contribution in [0.5, 0.6) is 5.88 Å². The van der Waals surface area contributed by atoms with Gasteiger partial charge >= 0.3 is 6.09 Å². The van der Waals surface area contributed by atoms with Crippen LogP contribution in [0, 0.1) is 0 Å². The lowest BCUT2D eigenvalue weighted by Gasteiger charge is -2.19. The number of ether oxygens (including phenoxy) is 2. The SMILES string of the molecule is COc1nc(Cc2cn(C(=O)OC(C)(C)C)c3ccccc23)c(=O)n2c1CCC2. The topological polar surface area (TPSA) is 75.4 Å². The number of fused-ring (bicyclic) bond motifs is 2. The van der Waals surface area contributed by atoms with Crippen LogP contribution in [0.4, 0.5) is 4.79 Å². The molecule has 0 spiro atoms. The number of nitrogens with zero attached hydrogens (tertiary/aromatic N) is 3. The van der Waals surface area contributed by atoms with Crippen LogP contribution in [0.1, 0.15) is 44.1 Å². The molecule has 0 saturated carbocycles. The molecule has 0 aliphatic carbocycles. The monoisotopic (exact) mass is 395 g/mol. The molecule has 0 saturated heterocycles. The molecule has 0 amide bonds. The molecule has 1 aromatic carbocycles. The molecule has 0 atom stereocenters. The van der Waals surface area contributed by atoms with Crippen molar-refractivity contribution in [2.75, 3.05) is 7.11 Å². The fourth-order valence-corrected chi connectivity index (χ4v) is 3.82. The highest BCUT2D eigenvalue weighted by atomic mass is 16.6. The summed E-state index contributed by atoms with van der Waals surface area (Å²) in [7, 11) is 1.57. The van der Waals surface area contributed by atoms with Crippen LogP contribution >= 0.6 is 0 Å². The van der Waals surface area contributed by atoms with E-state index in [4.69, 9.17) is 9.47 Å². The third kappa shape index (κ3) is 3.52. The average Bonchev–Trinajstić information content (AvgIpc) is 3.28. The van der Waals surface area contributed by atoms with Crippen LogP contribution in [-0.4, -0.2) is 32.9 Å². The quantitative estimate of drug-likeness (QED) is 0.678. The minimum atomic E-state index is -0.601. The molecule has 152 valence electrons. The predicted octanol–water partition coefficient (Wildman–Crippen LogP) is 3.53. The first kappa shape index (κ1) is 19.2. The molecule has 4 rings (SSSR count). The van der Waals surface area contributed by atoms with Crippen LogP contribution in [0.2, 0.25) is 0 Å². The van der Waals surface area contributed by atoms with E-state index in [1.54, 1.807) is 17.9 Å². The Kier molecular flexibility index (Phi) is 4.68. The van der Waals surface area contributed by atoms with Crippen LogP contribution < -0.4 is 10.3 Å². The largest absolute Gasteiger partial charge is 0.480 e. The van der Waals surface area contributed by atoms with Crippen molar-refractivity contribution >= 4 is 17.0 Å². The number of aromatic nitrogens is 3. The van der Waals surface area contributed by atoms with Gasteiger partial charge in [0.1, 0.15) is 11.3 Å². The lowest BCUT2D eigenvalue weighted by Crippen LogP contribution is -2.27. The highest BCUT2D eigenvalue weighted by molar-refractivity contribution is 5.92. The van der Waals surface area contributed by atoms with Crippen molar-refractivity contribution in [2.45, 2.75) is 52.2 Å². The first-order valence-corrected chi connectivity index (χ1v) is 9.77. The number of hydrogen-bond donors (Lipinski definition) is 0. The van der Waals surface area contributed by atoms with E-state index in [-0.39, 0.29) is 5.56 Å². The van der Waals surface area contributed by atoms with Crippen LogP contribution in [-0.2, 0) is 24.1 Å². The van der Waals surface area contributed by atoms with Gasteiger partial charge in [0, 0.05) is 24.5 Å². The predicted molar refractivity (Wildman–Crippen MR) is 110 cm³/mol. The molecule has 1 aliphatic heterocycles. The van der Waals surface area contributed by atoms with E-state index in [1.165, 1.54) is 4.57 Å². The Hall–Kier alpha value is -3.09. The van der Waals surface area contributed by atoms with Gasteiger partial charge in [-0.05, 0) is 45.2 Å². The lowest BCUT2D eigenvalue weighted by molar-refractivity contribution is 0.0544. The zero-order valence-corrected chi connectivity index (χ0v) is 17.2. The van der Waals surface area contributed by atoms with E-state index in [1.807, 2.05) is 45.0 Å². The number of benzene rings is 1. The van der Waals surface area contributed by atoms with Gasteiger partial charge in [-0.25, -0.2) is 9.78 Å². The van der Waals surface area contributed by atoms with Crippen molar-refractivity contribution in [3.63, 3.8) is 0 Å². The van der Waals surface area contributed by atoms with E-state index >= 15 is 0 Å². The van der Waals surface area contributed by atoms with Crippen LogP contribution in [0.3, 0.4) is 0 Å². The summed E-state index contributed by atoms with van der Waals surface area (Å²) in [4.78, 5) is 30.1. The van der Waals surface area contributed by atoms with Gasteiger partial charge in [-0.3, -0.25) is 9.36 Å². The number of para-hydroxylation sites is 1. The molecule has 1 aliphatic rings. The lowest BCUT2D eigenvalue weighted by atomic mass is 10.1. The van der Waals surface area contributed by atoms with Gasteiger partial charge in [-0.15, -0.1) is 0 Å². The maximum absolute atomic E-state index is 12.9. The molecule has 0 fully saturated rings. The Morgan fingerprint density at radius 2 is 2.00 bits per heavy atom. The van der Waals surface area contributed by atoms with Gasteiger partial charge in [0.2, 0.25) is 5.88 Å². The number of rotatable bonds is 3. The smallest absolute Gasteiger partial charge is 0.419 e. The molecular weight excluding hydrogens is 370 g/mol. The van der Waals surface area contributed by atoms with E-state index in [0.29, 0.717) is 24.5 Å². The van der Waals surface area contributed by atoms with Gasteiger partial charge < -0.3 is 14.0 Å². The van der Waals surface area contributed by atoms with Gasteiger partial charge in [-0.1, -0.05) is 18.2 Å². The number of hydrogen-bond acceptors (Lipinski definition) is 5. The molecule has 29 heavy (non-hydrogen) atoms. The maximum atomic E-state index is 12.9. The number of carbonyl (C=O) groups excluding carboxylic acids is 1. The van der Waals surface area contributed by atoms with Crippen molar-refractivity contribution in [2.24, 2.45) is 0 Å². The van der Waals surface area contributed by atoms with Gasteiger partial charge in [0.25, 0.3) is 5.56 Å². The summed E-state index contributed by atoms with van der Waals surface area (Å²) in [6, 6.07) is 7.59. The Bertz CT molecular complexity index is 1150. The average molecular weight is 395 g/mol. The summed E-state index contributed by atoms with van der Waals surface area (Å²) < 4.78 is 14.2. The third-order valence-electron chi connectivity index (χ3n) is 5.03. The summed E-state index contributed by atoms with van der Waals surface area (Å²) in [6.45, 7) is 6.18. The second-order valence-electron chi connectivity index (χ2n) is 8.27. The van der Waals surface area contributed by atoms with E-state index in [0.717, 1.165) is 35.0 Å². The second kappa shape index (κ2) is 7.06.